The van der Waals surface area contributed by atoms with E-state index in [0.717, 1.165) is 32.5 Å². The maximum absolute atomic E-state index is 9.25. The van der Waals surface area contributed by atoms with E-state index in [-0.39, 0.29) is 0 Å². The summed E-state index contributed by atoms with van der Waals surface area (Å²) in [7, 11) is 0. The highest BCUT2D eigenvalue weighted by atomic mass is 16.3. The number of rotatable bonds is 10. The van der Waals surface area contributed by atoms with Crippen LogP contribution in [0.25, 0.3) is 0 Å². The summed E-state index contributed by atoms with van der Waals surface area (Å²) in [4.78, 5) is 2.49. The Morgan fingerprint density at radius 3 is 2.45 bits per heavy atom. The molecule has 3 heteroatoms. The van der Waals surface area contributed by atoms with Crippen LogP contribution in [0, 0.1) is 0 Å². The van der Waals surface area contributed by atoms with Crippen molar-refractivity contribution in [1.82, 2.24) is 10.2 Å². The molecule has 1 atom stereocenters. The number of hydrogen-bond donors (Lipinski definition) is 2. The maximum atomic E-state index is 9.25. The maximum Gasteiger partial charge on any atom is 0.115 e. The molecule has 20 heavy (non-hydrogen) atoms. The minimum absolute atomic E-state index is 0.343. The van der Waals surface area contributed by atoms with Crippen molar-refractivity contribution in [3.05, 3.63) is 29.8 Å². The molecule has 0 spiro atoms. The van der Waals surface area contributed by atoms with E-state index in [1.165, 1.54) is 18.5 Å². The smallest absolute Gasteiger partial charge is 0.115 e. The third kappa shape index (κ3) is 6.92. The van der Waals surface area contributed by atoms with Gasteiger partial charge in [0.2, 0.25) is 0 Å². The minimum Gasteiger partial charge on any atom is -0.508 e. The average molecular weight is 278 g/mol. The standard InChI is InChI=1S/C17H30N2O/c1-4-13-19(5-2)14-12-18-15(3)6-7-16-8-10-17(20)11-9-16/h8-11,15,18,20H,4-7,12-14H2,1-3H3. The number of likely N-dealkylation sites (N-methyl/N-ethyl adjacent to an activating group) is 1. The van der Waals surface area contributed by atoms with Crippen LogP contribution in [0.5, 0.6) is 5.75 Å². The first-order valence-corrected chi connectivity index (χ1v) is 7.89. The summed E-state index contributed by atoms with van der Waals surface area (Å²) in [5.41, 5.74) is 1.29. The van der Waals surface area contributed by atoms with Gasteiger partial charge >= 0.3 is 0 Å². The lowest BCUT2D eigenvalue weighted by molar-refractivity contribution is 0.282. The van der Waals surface area contributed by atoms with Crippen LogP contribution in [0.15, 0.2) is 24.3 Å². The number of phenols is 1. The lowest BCUT2D eigenvalue weighted by Gasteiger charge is -2.21. The fraction of sp³-hybridized carbons (Fsp3) is 0.647. The first-order chi connectivity index (χ1) is 9.65. The molecule has 0 aromatic heterocycles. The van der Waals surface area contributed by atoms with Crippen molar-refractivity contribution in [3.63, 3.8) is 0 Å². The highest BCUT2D eigenvalue weighted by Gasteiger charge is 2.04. The first-order valence-electron chi connectivity index (χ1n) is 7.89. The molecular formula is C17H30N2O. The molecule has 1 unspecified atom stereocenters. The van der Waals surface area contributed by atoms with Crippen LogP contribution in [0.3, 0.4) is 0 Å². The monoisotopic (exact) mass is 278 g/mol. The molecule has 0 fully saturated rings. The van der Waals surface area contributed by atoms with Crippen molar-refractivity contribution in [2.75, 3.05) is 26.2 Å². The quantitative estimate of drug-likeness (QED) is 0.690. The molecule has 0 heterocycles. The second-order valence-electron chi connectivity index (χ2n) is 5.49. The van der Waals surface area contributed by atoms with Crippen LogP contribution in [-0.4, -0.2) is 42.2 Å². The predicted octanol–water partition coefficient (Wildman–Crippen LogP) is 3.03. The Balaban J connectivity index is 2.16. The van der Waals surface area contributed by atoms with Gasteiger partial charge in [-0.2, -0.15) is 0 Å². The van der Waals surface area contributed by atoms with Gasteiger partial charge in [-0.15, -0.1) is 0 Å². The van der Waals surface area contributed by atoms with Crippen LogP contribution in [0.1, 0.15) is 39.2 Å². The number of aromatic hydroxyl groups is 1. The third-order valence-electron chi connectivity index (χ3n) is 3.71. The summed E-state index contributed by atoms with van der Waals surface area (Å²) in [5.74, 6) is 0.343. The summed E-state index contributed by atoms with van der Waals surface area (Å²) >= 11 is 0. The fourth-order valence-electron chi connectivity index (χ4n) is 2.36. The molecule has 1 aromatic carbocycles. The zero-order chi connectivity index (χ0) is 14.8. The van der Waals surface area contributed by atoms with Crippen LogP contribution in [-0.2, 0) is 6.42 Å². The molecule has 0 aliphatic heterocycles. The van der Waals surface area contributed by atoms with Crippen LogP contribution < -0.4 is 5.32 Å². The number of nitrogens with zero attached hydrogens (tertiary/aromatic N) is 1. The van der Waals surface area contributed by atoms with Gasteiger partial charge in [0.25, 0.3) is 0 Å². The lowest BCUT2D eigenvalue weighted by atomic mass is 10.1. The highest BCUT2D eigenvalue weighted by molar-refractivity contribution is 5.25. The zero-order valence-electron chi connectivity index (χ0n) is 13.2. The molecule has 0 aliphatic rings. The van der Waals surface area contributed by atoms with Crippen molar-refractivity contribution in [2.45, 2.75) is 46.1 Å². The SMILES string of the molecule is CCCN(CC)CCNC(C)CCc1ccc(O)cc1. The minimum atomic E-state index is 0.343. The summed E-state index contributed by atoms with van der Waals surface area (Å²) in [5, 5.41) is 12.8. The molecule has 1 rings (SSSR count). The number of nitrogens with one attached hydrogen (secondary N) is 1. The molecule has 0 saturated carbocycles. The van der Waals surface area contributed by atoms with Gasteiger partial charge < -0.3 is 15.3 Å². The largest absolute Gasteiger partial charge is 0.508 e. The summed E-state index contributed by atoms with van der Waals surface area (Å²) < 4.78 is 0. The van der Waals surface area contributed by atoms with Gasteiger partial charge in [-0.1, -0.05) is 26.0 Å². The van der Waals surface area contributed by atoms with E-state index >= 15 is 0 Å². The van der Waals surface area contributed by atoms with Crippen molar-refractivity contribution >= 4 is 0 Å². The van der Waals surface area contributed by atoms with Crippen molar-refractivity contribution in [3.8, 4) is 5.75 Å². The Labute approximate surface area is 124 Å². The highest BCUT2D eigenvalue weighted by Crippen LogP contribution is 2.11. The topological polar surface area (TPSA) is 35.5 Å². The van der Waals surface area contributed by atoms with Crippen molar-refractivity contribution in [1.29, 1.82) is 0 Å². The summed E-state index contributed by atoms with van der Waals surface area (Å²) in [6.45, 7) is 11.2. The Morgan fingerprint density at radius 2 is 1.85 bits per heavy atom. The molecule has 0 amide bonds. The van der Waals surface area contributed by atoms with Crippen molar-refractivity contribution < 1.29 is 5.11 Å². The number of aryl methyl sites for hydroxylation is 1. The molecule has 1 aromatic rings. The molecule has 0 bridgehead atoms. The van der Waals surface area contributed by atoms with Crippen molar-refractivity contribution in [2.24, 2.45) is 0 Å². The molecule has 0 aliphatic carbocycles. The van der Waals surface area contributed by atoms with E-state index in [4.69, 9.17) is 0 Å². The van der Waals surface area contributed by atoms with E-state index in [9.17, 15) is 5.11 Å². The van der Waals surface area contributed by atoms with E-state index in [2.05, 4.69) is 31.0 Å². The number of phenolic OH excluding ortho intramolecular Hbond substituents is 1. The van der Waals surface area contributed by atoms with E-state index < -0.39 is 0 Å². The van der Waals surface area contributed by atoms with Gasteiger partial charge in [-0.25, -0.2) is 0 Å². The van der Waals surface area contributed by atoms with Gasteiger partial charge in [-0.05, 0) is 57.0 Å². The second-order valence-corrected chi connectivity index (χ2v) is 5.49. The van der Waals surface area contributed by atoms with E-state index in [1.54, 1.807) is 12.1 Å². The summed E-state index contributed by atoms with van der Waals surface area (Å²) in [6, 6.07) is 8.06. The lowest BCUT2D eigenvalue weighted by Crippen LogP contribution is -2.36. The van der Waals surface area contributed by atoms with E-state index in [0.29, 0.717) is 11.8 Å². The molecule has 2 N–H and O–H groups in total. The number of hydrogen-bond acceptors (Lipinski definition) is 3. The number of benzene rings is 1. The Morgan fingerprint density at radius 1 is 1.15 bits per heavy atom. The van der Waals surface area contributed by atoms with Gasteiger partial charge in [0.05, 0.1) is 0 Å². The third-order valence-corrected chi connectivity index (χ3v) is 3.71. The van der Waals surface area contributed by atoms with Gasteiger partial charge in [0.1, 0.15) is 5.75 Å². The zero-order valence-corrected chi connectivity index (χ0v) is 13.2. The van der Waals surface area contributed by atoms with Crippen LogP contribution in [0.4, 0.5) is 0 Å². The Hall–Kier alpha value is -1.06. The average Bonchev–Trinajstić information content (AvgIpc) is 2.45. The molecule has 0 radical (unpaired) electrons. The predicted molar refractivity (Wildman–Crippen MR) is 86.3 cm³/mol. The molecule has 0 saturated heterocycles. The van der Waals surface area contributed by atoms with E-state index in [1.807, 2.05) is 12.1 Å². The Bertz CT molecular complexity index is 351. The van der Waals surface area contributed by atoms with Gasteiger partial charge in [0, 0.05) is 19.1 Å². The molecular weight excluding hydrogens is 248 g/mol. The second kappa shape index (κ2) is 9.78. The molecule has 3 nitrogen and oxygen atoms in total. The fourth-order valence-corrected chi connectivity index (χ4v) is 2.36. The summed E-state index contributed by atoms with van der Waals surface area (Å²) in [6.07, 6.45) is 3.41. The van der Waals surface area contributed by atoms with Crippen LogP contribution >= 0.6 is 0 Å². The van der Waals surface area contributed by atoms with Gasteiger partial charge in [0.15, 0.2) is 0 Å². The molecule has 114 valence electrons. The van der Waals surface area contributed by atoms with Crippen LogP contribution in [0.2, 0.25) is 0 Å². The normalized spacial score (nSPS) is 12.8. The Kier molecular flexibility index (Phi) is 8.31. The first kappa shape index (κ1) is 17.0. The van der Waals surface area contributed by atoms with Gasteiger partial charge in [-0.3, -0.25) is 0 Å².